The second kappa shape index (κ2) is 5.62. The van der Waals surface area contributed by atoms with Crippen molar-refractivity contribution in [3.63, 3.8) is 0 Å². The third-order valence-electron chi connectivity index (χ3n) is 3.40. The largest absolute Gasteiger partial charge is 0.418 e. The van der Waals surface area contributed by atoms with Gasteiger partial charge in [0.25, 0.3) is 0 Å². The number of fused-ring (bicyclic) bond motifs is 1. The molecule has 1 aromatic carbocycles. The van der Waals surface area contributed by atoms with Crippen LogP contribution < -0.4 is 0 Å². The molecule has 2 rings (SSSR count). The fourth-order valence-electron chi connectivity index (χ4n) is 2.54. The van der Waals surface area contributed by atoms with E-state index in [0.29, 0.717) is 17.8 Å². The first-order chi connectivity index (χ1) is 9.48. The van der Waals surface area contributed by atoms with E-state index in [1.165, 1.54) is 0 Å². The predicted molar refractivity (Wildman–Crippen MR) is 81.2 cm³/mol. The fraction of sp³-hybridized carbons (Fsp3) is 0.375. The molecule has 0 aromatic heterocycles. The molecule has 0 radical (unpaired) electrons. The highest BCUT2D eigenvalue weighted by Gasteiger charge is 2.31. The minimum Gasteiger partial charge on any atom is -0.418 e. The predicted octanol–water partition coefficient (Wildman–Crippen LogP) is 3.83. The van der Waals surface area contributed by atoms with E-state index in [1.54, 1.807) is 0 Å². The molecular weight excluding hydrogens is 264 g/mol. The Labute approximate surface area is 121 Å². The summed E-state index contributed by atoms with van der Waals surface area (Å²) in [6, 6.07) is 12.2. The summed E-state index contributed by atoms with van der Waals surface area (Å²) in [5.41, 5.74) is 3.11. The van der Waals surface area contributed by atoms with Crippen molar-refractivity contribution < 1.29 is 4.43 Å². The molecule has 0 saturated carbocycles. The van der Waals surface area contributed by atoms with E-state index >= 15 is 0 Å². The lowest BCUT2D eigenvalue weighted by Gasteiger charge is -2.19. The fourth-order valence-corrected chi connectivity index (χ4v) is 3.27. The lowest BCUT2D eigenvalue weighted by atomic mass is 9.93. The summed E-state index contributed by atoms with van der Waals surface area (Å²) in [6.45, 7) is 7.09. The van der Waals surface area contributed by atoms with Gasteiger partial charge in [-0.3, -0.25) is 0 Å². The highest BCUT2D eigenvalue weighted by Crippen LogP contribution is 2.43. The van der Waals surface area contributed by atoms with Gasteiger partial charge in [0, 0.05) is 12.5 Å². The van der Waals surface area contributed by atoms with Crippen LogP contribution in [-0.4, -0.2) is 14.9 Å². The number of hydrogen-bond donors (Lipinski definition) is 0. The number of nitriles is 2. The van der Waals surface area contributed by atoms with Crippen LogP contribution in [0.25, 0.3) is 5.57 Å². The first kappa shape index (κ1) is 14.5. The molecule has 0 fully saturated rings. The summed E-state index contributed by atoms with van der Waals surface area (Å²) in [5.74, 6) is 0.00204. The minimum absolute atomic E-state index is 0.00204. The zero-order valence-corrected chi connectivity index (χ0v) is 13.1. The second-order valence-corrected chi connectivity index (χ2v) is 10.4. The van der Waals surface area contributed by atoms with Crippen LogP contribution in [0.2, 0.25) is 19.6 Å². The third-order valence-corrected chi connectivity index (χ3v) is 4.47. The molecule has 1 unspecified atom stereocenters. The van der Waals surface area contributed by atoms with Gasteiger partial charge >= 0.3 is 0 Å². The summed E-state index contributed by atoms with van der Waals surface area (Å²) in [5, 5.41) is 18.7. The van der Waals surface area contributed by atoms with E-state index in [0.717, 1.165) is 17.5 Å². The van der Waals surface area contributed by atoms with Gasteiger partial charge < -0.3 is 4.43 Å². The molecule has 102 valence electrons. The highest BCUT2D eigenvalue weighted by molar-refractivity contribution is 6.69. The third kappa shape index (κ3) is 2.82. The van der Waals surface area contributed by atoms with Crippen molar-refractivity contribution in [3.8, 4) is 12.1 Å². The highest BCUT2D eigenvalue weighted by atomic mass is 28.4. The van der Waals surface area contributed by atoms with Crippen LogP contribution in [0.5, 0.6) is 0 Å². The van der Waals surface area contributed by atoms with Crippen molar-refractivity contribution >= 4 is 13.9 Å². The average Bonchev–Trinajstić information content (AvgIpc) is 2.71. The lowest BCUT2D eigenvalue weighted by Crippen LogP contribution is -2.26. The van der Waals surface area contributed by atoms with Crippen molar-refractivity contribution in [2.45, 2.75) is 32.0 Å². The molecule has 0 N–H and O–H groups in total. The van der Waals surface area contributed by atoms with E-state index < -0.39 is 8.32 Å². The van der Waals surface area contributed by atoms with Crippen LogP contribution >= 0.6 is 0 Å². The Morgan fingerprint density at radius 1 is 1.15 bits per heavy atom. The van der Waals surface area contributed by atoms with Gasteiger partial charge in [0.05, 0.1) is 17.2 Å². The van der Waals surface area contributed by atoms with Crippen LogP contribution in [0.1, 0.15) is 23.5 Å². The molecule has 20 heavy (non-hydrogen) atoms. The molecule has 3 nitrogen and oxygen atoms in total. The van der Waals surface area contributed by atoms with Crippen molar-refractivity contribution in [1.82, 2.24) is 0 Å². The minimum atomic E-state index is -1.54. The normalized spacial score (nSPS) is 17.6. The van der Waals surface area contributed by atoms with Gasteiger partial charge in [-0.25, -0.2) is 0 Å². The SMILES string of the molecule is C[Si](C)(C)OCCC1C(C#N)=C(C#N)c2ccccc21. The molecule has 1 aliphatic carbocycles. The summed E-state index contributed by atoms with van der Waals surface area (Å²) in [7, 11) is -1.54. The van der Waals surface area contributed by atoms with E-state index in [4.69, 9.17) is 4.43 Å². The number of hydrogen-bond acceptors (Lipinski definition) is 3. The van der Waals surface area contributed by atoms with Crippen LogP contribution in [0.3, 0.4) is 0 Å². The van der Waals surface area contributed by atoms with Gasteiger partial charge in [-0.2, -0.15) is 10.5 Å². The van der Waals surface area contributed by atoms with E-state index in [-0.39, 0.29) is 5.92 Å². The van der Waals surface area contributed by atoms with Crippen molar-refractivity contribution in [2.75, 3.05) is 6.61 Å². The van der Waals surface area contributed by atoms with Crippen molar-refractivity contribution in [2.24, 2.45) is 0 Å². The first-order valence-corrected chi connectivity index (χ1v) is 10.2. The molecule has 0 bridgehead atoms. The number of benzene rings is 1. The van der Waals surface area contributed by atoms with Crippen LogP contribution in [-0.2, 0) is 4.43 Å². The van der Waals surface area contributed by atoms with Gasteiger partial charge in [-0.15, -0.1) is 0 Å². The molecule has 0 saturated heterocycles. The van der Waals surface area contributed by atoms with Crippen LogP contribution in [0.15, 0.2) is 29.8 Å². The summed E-state index contributed by atoms with van der Waals surface area (Å²) < 4.78 is 5.89. The smallest absolute Gasteiger partial charge is 0.183 e. The first-order valence-electron chi connectivity index (χ1n) is 6.75. The summed E-state index contributed by atoms with van der Waals surface area (Å²) >= 11 is 0. The van der Waals surface area contributed by atoms with Gasteiger partial charge in [0.2, 0.25) is 0 Å². The van der Waals surface area contributed by atoms with E-state index in [1.807, 2.05) is 24.3 Å². The molecular formula is C16H18N2OSi. The van der Waals surface area contributed by atoms with Crippen LogP contribution in [0.4, 0.5) is 0 Å². The monoisotopic (exact) mass is 282 g/mol. The van der Waals surface area contributed by atoms with E-state index in [9.17, 15) is 10.5 Å². The second-order valence-electron chi connectivity index (χ2n) is 5.90. The molecule has 0 spiro atoms. The molecule has 0 amide bonds. The Morgan fingerprint density at radius 2 is 1.85 bits per heavy atom. The lowest BCUT2D eigenvalue weighted by molar-refractivity contribution is 0.298. The Morgan fingerprint density at radius 3 is 2.45 bits per heavy atom. The number of allylic oxidation sites excluding steroid dienone is 2. The molecule has 1 aromatic rings. The zero-order valence-electron chi connectivity index (χ0n) is 12.1. The number of nitrogens with zero attached hydrogens (tertiary/aromatic N) is 2. The van der Waals surface area contributed by atoms with E-state index in [2.05, 4.69) is 31.8 Å². The zero-order chi connectivity index (χ0) is 14.8. The Balaban J connectivity index is 2.27. The maximum atomic E-state index is 9.38. The van der Waals surface area contributed by atoms with Crippen molar-refractivity contribution in [3.05, 3.63) is 41.0 Å². The number of rotatable bonds is 4. The average molecular weight is 282 g/mol. The molecule has 0 heterocycles. The Bertz CT molecular complexity index is 629. The van der Waals surface area contributed by atoms with Gasteiger partial charge in [0.15, 0.2) is 8.32 Å². The van der Waals surface area contributed by atoms with Gasteiger partial charge in [-0.05, 0) is 37.2 Å². The molecule has 1 atom stereocenters. The Kier molecular flexibility index (Phi) is 4.08. The van der Waals surface area contributed by atoms with Crippen LogP contribution in [0, 0.1) is 22.7 Å². The van der Waals surface area contributed by atoms with Gasteiger partial charge in [0.1, 0.15) is 6.07 Å². The standard InChI is InChI=1S/C16H18N2OSi/c1-20(2,3)19-9-8-14-12-6-4-5-7-13(12)15(10-17)16(14)11-18/h4-7,14H,8-9H2,1-3H3. The topological polar surface area (TPSA) is 56.8 Å². The Hall–Kier alpha value is -1.88. The summed E-state index contributed by atoms with van der Waals surface area (Å²) in [6.07, 6.45) is 0.759. The maximum absolute atomic E-state index is 9.38. The summed E-state index contributed by atoms with van der Waals surface area (Å²) in [4.78, 5) is 0. The van der Waals surface area contributed by atoms with Crippen molar-refractivity contribution in [1.29, 1.82) is 10.5 Å². The maximum Gasteiger partial charge on any atom is 0.183 e. The molecule has 4 heteroatoms. The van der Waals surface area contributed by atoms with Gasteiger partial charge in [-0.1, -0.05) is 24.3 Å². The molecule has 0 aliphatic heterocycles. The quantitative estimate of drug-likeness (QED) is 0.789. The molecule has 1 aliphatic rings.